The van der Waals surface area contributed by atoms with Crippen LogP contribution in [0.15, 0.2) is 48.5 Å². The summed E-state index contributed by atoms with van der Waals surface area (Å²) >= 11 is 0. The number of fused-ring (bicyclic) bond motifs is 2. The number of rotatable bonds is 2. The number of nitrogens with zero attached hydrogens (tertiary/aromatic N) is 2. The van der Waals surface area contributed by atoms with Gasteiger partial charge in [0.2, 0.25) is 0 Å². The molecule has 0 aromatic heterocycles. The van der Waals surface area contributed by atoms with E-state index in [9.17, 15) is 0 Å². The molecule has 0 saturated carbocycles. The summed E-state index contributed by atoms with van der Waals surface area (Å²) in [5.74, 6) is 1.45. The molecule has 3 rings (SSSR count). The van der Waals surface area contributed by atoms with Crippen molar-refractivity contribution in [2.75, 3.05) is 0 Å². The van der Waals surface area contributed by atoms with Crippen LogP contribution >= 0.6 is 0 Å². The van der Waals surface area contributed by atoms with Crippen LogP contribution in [0.4, 0.5) is 0 Å². The van der Waals surface area contributed by atoms with Crippen LogP contribution in [0.1, 0.15) is 24.0 Å². The minimum atomic E-state index is 0.256. The average molecular weight is 272 g/mol. The summed E-state index contributed by atoms with van der Waals surface area (Å²) in [7, 11) is 0. The molecule has 0 spiro atoms. The Morgan fingerprint density at radius 1 is 0.714 bits per heavy atom. The van der Waals surface area contributed by atoms with Gasteiger partial charge < -0.3 is 4.74 Å². The second-order valence-electron chi connectivity index (χ2n) is 4.72. The maximum absolute atomic E-state index is 9.16. The van der Waals surface area contributed by atoms with Gasteiger partial charge in [0.15, 0.2) is 0 Å². The predicted molar refractivity (Wildman–Crippen MR) is 80.2 cm³/mol. The molecule has 0 saturated heterocycles. The van der Waals surface area contributed by atoms with Gasteiger partial charge in [-0.15, -0.1) is 0 Å². The van der Waals surface area contributed by atoms with Gasteiger partial charge in [0.25, 0.3) is 0 Å². The van der Waals surface area contributed by atoms with Crippen molar-refractivity contribution in [1.82, 2.24) is 0 Å². The number of hydrogen-bond acceptors (Lipinski definition) is 3. The van der Waals surface area contributed by atoms with E-state index in [1.165, 1.54) is 0 Å². The van der Waals surface area contributed by atoms with E-state index in [0.29, 0.717) is 0 Å². The Kier molecular flexibility index (Phi) is 3.41. The third-order valence-corrected chi connectivity index (χ3v) is 3.52. The maximum atomic E-state index is 9.16. The Hall–Kier alpha value is -3.04. The van der Waals surface area contributed by atoms with Gasteiger partial charge >= 0.3 is 0 Å². The topological polar surface area (TPSA) is 56.8 Å². The van der Waals surface area contributed by atoms with Crippen molar-refractivity contribution in [3.8, 4) is 23.6 Å². The zero-order valence-electron chi connectivity index (χ0n) is 11.3. The SMILES string of the molecule is N#CCC1=C(CC#N)c2ccccc2Oc2ccccc21. The van der Waals surface area contributed by atoms with Gasteiger partial charge in [-0.25, -0.2) is 0 Å². The van der Waals surface area contributed by atoms with Gasteiger partial charge in [-0.05, 0) is 23.3 Å². The maximum Gasteiger partial charge on any atom is 0.135 e. The van der Waals surface area contributed by atoms with Gasteiger partial charge in [-0.1, -0.05) is 36.4 Å². The fourth-order valence-corrected chi connectivity index (χ4v) is 2.62. The van der Waals surface area contributed by atoms with Crippen LogP contribution in [0, 0.1) is 22.7 Å². The van der Waals surface area contributed by atoms with Gasteiger partial charge in [-0.3, -0.25) is 0 Å². The van der Waals surface area contributed by atoms with E-state index < -0.39 is 0 Å². The van der Waals surface area contributed by atoms with Gasteiger partial charge in [0.1, 0.15) is 11.5 Å². The first kappa shape index (κ1) is 13.0. The van der Waals surface area contributed by atoms with Crippen molar-refractivity contribution in [3.63, 3.8) is 0 Å². The lowest BCUT2D eigenvalue weighted by Gasteiger charge is -2.09. The molecule has 0 bridgehead atoms. The van der Waals surface area contributed by atoms with E-state index in [2.05, 4.69) is 12.1 Å². The quantitative estimate of drug-likeness (QED) is 0.807. The molecule has 1 aliphatic rings. The van der Waals surface area contributed by atoms with Crippen LogP contribution < -0.4 is 4.74 Å². The Morgan fingerprint density at radius 3 is 1.57 bits per heavy atom. The minimum Gasteiger partial charge on any atom is -0.456 e. The van der Waals surface area contributed by atoms with Crippen molar-refractivity contribution in [2.45, 2.75) is 12.8 Å². The molecule has 21 heavy (non-hydrogen) atoms. The molecule has 0 amide bonds. The Morgan fingerprint density at radius 2 is 1.14 bits per heavy atom. The largest absolute Gasteiger partial charge is 0.456 e. The van der Waals surface area contributed by atoms with Crippen LogP contribution in [-0.4, -0.2) is 0 Å². The highest BCUT2D eigenvalue weighted by Gasteiger charge is 2.22. The van der Waals surface area contributed by atoms with Gasteiger partial charge in [-0.2, -0.15) is 10.5 Å². The first-order valence-corrected chi connectivity index (χ1v) is 6.67. The second-order valence-corrected chi connectivity index (χ2v) is 4.72. The van der Waals surface area contributed by atoms with Crippen LogP contribution in [0.2, 0.25) is 0 Å². The van der Waals surface area contributed by atoms with Crippen LogP contribution in [-0.2, 0) is 0 Å². The lowest BCUT2D eigenvalue weighted by atomic mass is 9.91. The zero-order valence-corrected chi connectivity index (χ0v) is 11.3. The fraction of sp³-hybridized carbons (Fsp3) is 0.111. The monoisotopic (exact) mass is 272 g/mol. The molecule has 0 unspecified atom stereocenters. The summed E-state index contributed by atoms with van der Waals surface area (Å²) in [6.45, 7) is 0. The standard InChI is InChI=1S/C18H12N2O/c19-11-9-13-14(10-12-20)16-6-2-4-8-18(16)21-17-7-3-1-5-15(13)17/h1-8H,9-10H2. The van der Waals surface area contributed by atoms with Crippen molar-refractivity contribution in [1.29, 1.82) is 10.5 Å². The third-order valence-electron chi connectivity index (χ3n) is 3.52. The van der Waals surface area contributed by atoms with E-state index in [-0.39, 0.29) is 12.8 Å². The van der Waals surface area contributed by atoms with Crippen LogP contribution in [0.25, 0.3) is 11.1 Å². The van der Waals surface area contributed by atoms with Gasteiger partial charge in [0.05, 0.1) is 25.0 Å². The van der Waals surface area contributed by atoms with E-state index in [0.717, 1.165) is 33.8 Å². The zero-order chi connectivity index (χ0) is 14.7. The molecule has 0 atom stereocenters. The molecule has 1 heterocycles. The number of allylic oxidation sites excluding steroid dienone is 2. The Labute approximate surface area is 123 Å². The predicted octanol–water partition coefficient (Wildman–Crippen LogP) is 4.53. The summed E-state index contributed by atoms with van der Waals surface area (Å²) in [5.41, 5.74) is 3.53. The first-order chi connectivity index (χ1) is 10.3. The molecule has 2 aromatic carbocycles. The Bertz CT molecular complexity index is 739. The number of hydrogen-bond donors (Lipinski definition) is 0. The van der Waals surface area contributed by atoms with E-state index in [1.807, 2.05) is 48.5 Å². The second kappa shape index (κ2) is 5.53. The molecule has 3 heteroatoms. The smallest absolute Gasteiger partial charge is 0.135 e. The molecular formula is C18H12N2O. The van der Waals surface area contributed by atoms with Crippen LogP contribution in [0.5, 0.6) is 11.5 Å². The van der Waals surface area contributed by atoms with Crippen molar-refractivity contribution < 1.29 is 4.74 Å². The number of para-hydroxylation sites is 2. The number of benzene rings is 2. The molecule has 2 aromatic rings. The van der Waals surface area contributed by atoms with Crippen molar-refractivity contribution >= 4 is 11.1 Å². The van der Waals surface area contributed by atoms with E-state index in [4.69, 9.17) is 15.3 Å². The molecule has 0 N–H and O–H groups in total. The molecule has 0 radical (unpaired) electrons. The lowest BCUT2D eigenvalue weighted by Crippen LogP contribution is -1.90. The molecule has 0 fully saturated rings. The highest BCUT2D eigenvalue weighted by atomic mass is 16.5. The van der Waals surface area contributed by atoms with E-state index in [1.54, 1.807) is 0 Å². The van der Waals surface area contributed by atoms with Crippen molar-refractivity contribution in [3.05, 3.63) is 59.7 Å². The summed E-state index contributed by atoms with van der Waals surface area (Å²) in [6.07, 6.45) is 0.511. The van der Waals surface area contributed by atoms with Crippen LogP contribution in [0.3, 0.4) is 0 Å². The Balaban J connectivity index is 2.35. The number of nitriles is 2. The highest BCUT2D eigenvalue weighted by Crippen LogP contribution is 2.44. The van der Waals surface area contributed by atoms with Crippen molar-refractivity contribution in [2.24, 2.45) is 0 Å². The summed E-state index contributed by atoms with van der Waals surface area (Å²) in [6, 6.07) is 19.7. The number of ether oxygens (including phenoxy) is 1. The van der Waals surface area contributed by atoms with E-state index >= 15 is 0 Å². The molecule has 1 aliphatic heterocycles. The first-order valence-electron chi connectivity index (χ1n) is 6.67. The molecule has 3 nitrogen and oxygen atoms in total. The summed E-state index contributed by atoms with van der Waals surface area (Å²) < 4.78 is 6.00. The molecular weight excluding hydrogens is 260 g/mol. The minimum absolute atomic E-state index is 0.256. The van der Waals surface area contributed by atoms with Gasteiger partial charge in [0, 0.05) is 11.1 Å². The molecule has 0 aliphatic carbocycles. The average Bonchev–Trinajstić information content (AvgIpc) is 2.64. The fourth-order valence-electron chi connectivity index (χ4n) is 2.62. The highest BCUT2D eigenvalue weighted by molar-refractivity contribution is 5.96. The normalized spacial score (nSPS) is 12.3. The summed E-state index contributed by atoms with van der Waals surface area (Å²) in [5, 5.41) is 18.3. The lowest BCUT2D eigenvalue weighted by molar-refractivity contribution is 0.481. The molecule has 100 valence electrons. The summed E-state index contributed by atoms with van der Waals surface area (Å²) in [4.78, 5) is 0. The third kappa shape index (κ3) is 2.26.